The van der Waals surface area contributed by atoms with Crippen LogP contribution in [0.4, 0.5) is 18.9 Å². The molecule has 0 saturated heterocycles. The Morgan fingerprint density at radius 2 is 1.77 bits per heavy atom. The van der Waals surface area contributed by atoms with Gasteiger partial charge in [0.2, 0.25) is 0 Å². The molecule has 0 unspecified atom stereocenters. The smallest absolute Gasteiger partial charge is 0.339 e. The Kier molecular flexibility index (Phi) is 6.51. The Bertz CT molecular complexity index is 873. The second-order valence-corrected chi connectivity index (χ2v) is 6.69. The normalized spacial score (nSPS) is 11.7. The second kappa shape index (κ2) is 8.61. The summed E-state index contributed by atoms with van der Waals surface area (Å²) >= 11 is 0. The van der Waals surface area contributed by atoms with E-state index in [2.05, 4.69) is 0 Å². The first-order valence-corrected chi connectivity index (χ1v) is 8.75. The minimum atomic E-state index is -1.73. The fourth-order valence-corrected chi connectivity index (χ4v) is 2.94. The van der Waals surface area contributed by atoms with Crippen LogP contribution in [0.1, 0.15) is 17.3 Å². The third kappa shape index (κ3) is 4.48. The number of amides is 1. The average Bonchev–Trinajstić information content (AvgIpc) is 2.66. The van der Waals surface area contributed by atoms with Gasteiger partial charge in [-0.3, -0.25) is 9.00 Å². The topological polar surface area (TPSA) is 72.5 Å². The van der Waals surface area contributed by atoms with Gasteiger partial charge in [0.25, 0.3) is 5.91 Å². The standard InChI is InChI=1S/C17H14F3NO4S/c1-2-26(24)13-6-4-3-5-10(13)17(23)25-9-14(22)21-12-8-7-11(18)15(19)16(12)20/h3-8H,2,9H2,1H3,(H,21,22)/t26-/m0/s1. The molecule has 138 valence electrons. The summed E-state index contributed by atoms with van der Waals surface area (Å²) in [6.45, 7) is 0.895. The number of hydrogen-bond acceptors (Lipinski definition) is 4. The maximum Gasteiger partial charge on any atom is 0.339 e. The van der Waals surface area contributed by atoms with Crippen molar-refractivity contribution in [2.75, 3.05) is 17.7 Å². The van der Waals surface area contributed by atoms with Gasteiger partial charge in [-0.05, 0) is 24.3 Å². The molecule has 1 N–H and O–H groups in total. The molecule has 0 saturated carbocycles. The van der Waals surface area contributed by atoms with Gasteiger partial charge in [0.05, 0.1) is 26.9 Å². The van der Waals surface area contributed by atoms with Crippen LogP contribution < -0.4 is 5.32 Å². The summed E-state index contributed by atoms with van der Waals surface area (Å²) in [7, 11) is -1.40. The molecule has 2 aromatic carbocycles. The van der Waals surface area contributed by atoms with Crippen molar-refractivity contribution < 1.29 is 31.7 Å². The van der Waals surface area contributed by atoms with Crippen molar-refractivity contribution in [1.29, 1.82) is 0 Å². The number of benzene rings is 2. The van der Waals surface area contributed by atoms with Crippen molar-refractivity contribution in [1.82, 2.24) is 0 Å². The van der Waals surface area contributed by atoms with Crippen molar-refractivity contribution in [2.24, 2.45) is 0 Å². The highest BCUT2D eigenvalue weighted by Crippen LogP contribution is 2.19. The van der Waals surface area contributed by atoms with Gasteiger partial charge in [-0.25, -0.2) is 18.0 Å². The van der Waals surface area contributed by atoms with E-state index in [1.54, 1.807) is 19.1 Å². The summed E-state index contributed by atoms with van der Waals surface area (Å²) in [5, 5.41) is 1.98. The molecule has 1 amide bonds. The highest BCUT2D eigenvalue weighted by atomic mass is 32.2. The second-order valence-electron chi connectivity index (χ2n) is 4.98. The molecule has 1 atom stereocenters. The van der Waals surface area contributed by atoms with Crippen molar-refractivity contribution >= 4 is 28.4 Å². The Labute approximate surface area is 149 Å². The maximum absolute atomic E-state index is 13.5. The highest BCUT2D eigenvalue weighted by Gasteiger charge is 2.19. The Balaban J connectivity index is 2.03. The Morgan fingerprint density at radius 3 is 2.46 bits per heavy atom. The van der Waals surface area contributed by atoms with Gasteiger partial charge in [0.15, 0.2) is 24.1 Å². The molecular weight excluding hydrogens is 371 g/mol. The van der Waals surface area contributed by atoms with Crippen LogP contribution in [-0.4, -0.2) is 28.4 Å². The van der Waals surface area contributed by atoms with Crippen LogP contribution in [0, 0.1) is 17.5 Å². The molecule has 9 heteroatoms. The first-order chi connectivity index (χ1) is 12.3. The Morgan fingerprint density at radius 1 is 1.08 bits per heavy atom. The van der Waals surface area contributed by atoms with Crippen molar-refractivity contribution in [3.8, 4) is 0 Å². The molecule has 0 radical (unpaired) electrons. The lowest BCUT2D eigenvalue weighted by Gasteiger charge is -2.10. The van der Waals surface area contributed by atoms with E-state index in [0.29, 0.717) is 11.8 Å². The quantitative estimate of drug-likeness (QED) is 0.613. The van der Waals surface area contributed by atoms with E-state index in [9.17, 15) is 27.0 Å². The molecule has 2 rings (SSSR count). The summed E-state index contributed by atoms with van der Waals surface area (Å²) in [4.78, 5) is 24.1. The van der Waals surface area contributed by atoms with Gasteiger partial charge in [-0.1, -0.05) is 19.1 Å². The van der Waals surface area contributed by atoms with Crippen molar-refractivity contribution in [3.05, 3.63) is 59.4 Å². The lowest BCUT2D eigenvalue weighted by Crippen LogP contribution is -2.22. The molecule has 0 aliphatic heterocycles. The molecule has 0 bridgehead atoms. The Hall–Kier alpha value is -2.68. The van der Waals surface area contributed by atoms with Crippen LogP contribution in [0.2, 0.25) is 0 Å². The third-order valence-corrected chi connectivity index (χ3v) is 4.63. The number of anilines is 1. The predicted octanol–water partition coefficient (Wildman–Crippen LogP) is 3.03. The molecule has 0 spiro atoms. The van der Waals surface area contributed by atoms with Crippen LogP contribution in [0.5, 0.6) is 0 Å². The lowest BCUT2D eigenvalue weighted by atomic mass is 10.2. The third-order valence-electron chi connectivity index (χ3n) is 3.26. The van der Waals surface area contributed by atoms with Crippen LogP contribution in [0.25, 0.3) is 0 Å². The number of hydrogen-bond donors (Lipinski definition) is 1. The predicted molar refractivity (Wildman–Crippen MR) is 88.6 cm³/mol. The fraction of sp³-hybridized carbons (Fsp3) is 0.176. The molecule has 26 heavy (non-hydrogen) atoms. The summed E-state index contributed by atoms with van der Waals surface area (Å²) in [6.07, 6.45) is 0. The zero-order valence-electron chi connectivity index (χ0n) is 13.6. The SMILES string of the molecule is CC[S@](=O)c1ccccc1C(=O)OCC(=O)Nc1ccc(F)c(F)c1F. The summed E-state index contributed by atoms with van der Waals surface area (Å²) < 4.78 is 56.2. The first kappa shape index (κ1) is 19.6. The van der Waals surface area contributed by atoms with Crippen LogP contribution in [-0.2, 0) is 20.3 Å². The molecule has 0 aromatic heterocycles. The van der Waals surface area contributed by atoms with Crippen LogP contribution in [0.15, 0.2) is 41.3 Å². The summed E-state index contributed by atoms with van der Waals surface area (Å²) in [5.41, 5.74) is -0.545. The largest absolute Gasteiger partial charge is 0.452 e. The van der Waals surface area contributed by atoms with E-state index < -0.39 is 52.4 Å². The number of carbonyl (C=O) groups is 2. The van der Waals surface area contributed by atoms with Gasteiger partial charge in [0, 0.05) is 5.75 Å². The summed E-state index contributed by atoms with van der Waals surface area (Å²) in [5.74, 6) is -6.22. The molecule has 0 fully saturated rings. The summed E-state index contributed by atoms with van der Waals surface area (Å²) in [6, 6.07) is 7.55. The minimum absolute atomic E-state index is 0.0412. The van der Waals surface area contributed by atoms with Gasteiger partial charge in [-0.2, -0.15) is 0 Å². The van der Waals surface area contributed by atoms with E-state index in [1.807, 2.05) is 5.32 Å². The zero-order chi connectivity index (χ0) is 19.3. The number of carbonyl (C=O) groups excluding carboxylic acids is 2. The number of nitrogens with one attached hydrogen (secondary N) is 1. The van der Waals surface area contributed by atoms with E-state index in [-0.39, 0.29) is 10.5 Å². The number of esters is 1. The van der Waals surface area contributed by atoms with Crippen molar-refractivity contribution in [3.63, 3.8) is 0 Å². The first-order valence-electron chi connectivity index (χ1n) is 7.43. The molecule has 5 nitrogen and oxygen atoms in total. The van der Waals surface area contributed by atoms with E-state index in [4.69, 9.17) is 4.74 Å². The van der Waals surface area contributed by atoms with Gasteiger partial charge in [-0.15, -0.1) is 0 Å². The number of ether oxygens (including phenoxy) is 1. The fourth-order valence-electron chi connectivity index (χ4n) is 2.01. The monoisotopic (exact) mass is 385 g/mol. The van der Waals surface area contributed by atoms with Crippen LogP contribution in [0.3, 0.4) is 0 Å². The molecule has 0 aliphatic rings. The van der Waals surface area contributed by atoms with E-state index in [0.717, 1.165) is 6.07 Å². The van der Waals surface area contributed by atoms with Gasteiger partial charge >= 0.3 is 5.97 Å². The maximum atomic E-state index is 13.5. The molecular formula is C17H14F3NO4S. The van der Waals surface area contributed by atoms with Gasteiger partial charge in [0.1, 0.15) is 0 Å². The van der Waals surface area contributed by atoms with Crippen LogP contribution >= 0.6 is 0 Å². The van der Waals surface area contributed by atoms with Crippen molar-refractivity contribution in [2.45, 2.75) is 11.8 Å². The number of halogens is 3. The molecule has 0 aliphatic carbocycles. The van der Waals surface area contributed by atoms with E-state index in [1.165, 1.54) is 12.1 Å². The number of rotatable bonds is 6. The van der Waals surface area contributed by atoms with Gasteiger partial charge < -0.3 is 10.1 Å². The van der Waals surface area contributed by atoms with E-state index >= 15 is 0 Å². The minimum Gasteiger partial charge on any atom is -0.452 e. The average molecular weight is 385 g/mol. The molecule has 2 aromatic rings. The highest BCUT2D eigenvalue weighted by molar-refractivity contribution is 7.85. The lowest BCUT2D eigenvalue weighted by molar-refractivity contribution is -0.119. The zero-order valence-corrected chi connectivity index (χ0v) is 14.4. The molecule has 0 heterocycles.